The van der Waals surface area contributed by atoms with E-state index in [1.165, 1.54) is 0 Å². The van der Waals surface area contributed by atoms with Gasteiger partial charge in [0.25, 0.3) is 0 Å². The number of rotatable bonds is 0. The monoisotopic (exact) mass is 258 g/mol. The van der Waals surface area contributed by atoms with Gasteiger partial charge in [0.05, 0.1) is 0 Å². The Hall–Kier alpha value is 1.87. The molecular weight excluding hydrogens is 257 g/mol. The first-order chi connectivity index (χ1) is 3.00. The fourth-order valence-corrected chi connectivity index (χ4v) is 15.7. The minimum atomic E-state index is 0.633. The van der Waals surface area contributed by atoms with Gasteiger partial charge in [0, 0.05) is 0 Å². The molecule has 6 heavy (non-hydrogen) atoms. The average Bonchev–Trinajstić information content (AvgIpc) is 1.72. The Morgan fingerprint density at radius 2 is 1.00 bits per heavy atom. The van der Waals surface area contributed by atoms with Gasteiger partial charge in [-0.2, -0.15) is 0 Å². The molecule has 0 aromatic rings. The van der Waals surface area contributed by atoms with Gasteiger partial charge in [0.15, 0.2) is 0 Å². The normalized spacial score (nSPS) is 32.0. The third kappa shape index (κ3) is 2.25. The Balaban J connectivity index is 2.00. The van der Waals surface area contributed by atoms with Gasteiger partial charge in [-0.1, -0.05) is 0 Å². The van der Waals surface area contributed by atoms with Gasteiger partial charge in [0.2, 0.25) is 0 Å². The third-order valence-corrected chi connectivity index (χ3v) is 10.8. The summed E-state index contributed by atoms with van der Waals surface area (Å²) in [5.74, 6) is 0. The van der Waals surface area contributed by atoms with E-state index < -0.39 is 0 Å². The molecule has 0 N–H and O–H groups in total. The molecule has 0 atom stereocenters. The summed E-state index contributed by atoms with van der Waals surface area (Å²) in [6.45, 7) is 0. The van der Waals surface area contributed by atoms with Crippen molar-refractivity contribution in [3.8, 4) is 0 Å². The van der Waals surface area contributed by atoms with Crippen LogP contribution in [0.3, 0.4) is 0 Å². The van der Waals surface area contributed by atoms with Crippen molar-refractivity contribution in [1.82, 2.24) is 0 Å². The van der Waals surface area contributed by atoms with Crippen LogP contribution in [0.5, 0.6) is 0 Å². The van der Waals surface area contributed by atoms with E-state index in [4.69, 9.17) is 0 Å². The summed E-state index contributed by atoms with van der Waals surface area (Å²) >= 11 is 1.90. The summed E-state index contributed by atoms with van der Waals surface area (Å²) in [7, 11) is 0. The van der Waals surface area contributed by atoms with E-state index in [2.05, 4.69) is 14.0 Å². The molecule has 1 saturated heterocycles. The van der Waals surface area contributed by atoms with Crippen molar-refractivity contribution in [3.05, 3.63) is 0 Å². The van der Waals surface area contributed by atoms with Crippen LogP contribution < -0.4 is 0 Å². The van der Waals surface area contributed by atoms with Crippen LogP contribution in [0.1, 0.15) is 0 Å². The second kappa shape index (κ2) is 3.82. The molecule has 1 rings (SSSR count). The second-order valence-electron chi connectivity index (χ2n) is 0.794. The minimum absolute atomic E-state index is 0.633. The molecule has 0 nitrogen and oxygen atoms in total. The second-order valence-corrected chi connectivity index (χ2v) is 11.7. The summed E-state index contributed by atoms with van der Waals surface area (Å²) in [5.41, 5.74) is 0. The molecule has 6 heteroatoms. The Kier molecular flexibility index (Phi) is 3.82. The number of hydrogen-bond acceptors (Lipinski definition) is 0. The molecule has 0 unspecified atom stereocenters. The molecule has 0 aromatic carbocycles. The Morgan fingerprint density at radius 3 is 1.17 bits per heavy atom. The van der Waals surface area contributed by atoms with Crippen LogP contribution in [0.2, 0.25) is 0 Å². The van der Waals surface area contributed by atoms with Crippen molar-refractivity contribution in [2.24, 2.45) is 0 Å². The molecule has 0 aliphatic carbocycles. The van der Waals surface area contributed by atoms with Gasteiger partial charge in [-0.15, -0.1) is 0 Å². The molecule has 1 aliphatic rings. The van der Waals surface area contributed by atoms with Gasteiger partial charge < -0.3 is 0 Å². The van der Waals surface area contributed by atoms with Crippen LogP contribution >= 0.6 is 0 Å². The summed E-state index contributed by atoms with van der Waals surface area (Å²) in [6.07, 6.45) is 0. The van der Waals surface area contributed by atoms with Crippen molar-refractivity contribution in [1.29, 1.82) is 0 Å². The predicted molar refractivity (Wildman–Crippen MR) is 34.5 cm³/mol. The van der Waals surface area contributed by atoms with Gasteiger partial charge >= 0.3 is 60.2 Å². The van der Waals surface area contributed by atoms with Crippen molar-refractivity contribution < 1.29 is 0 Å². The molecule has 0 bridgehead atoms. The molecule has 24 valence electrons. The van der Waals surface area contributed by atoms with Crippen LogP contribution in [-0.2, 0) is 0 Å². The van der Waals surface area contributed by atoms with Crippen LogP contribution in [0.15, 0.2) is 0 Å². The molecule has 0 amide bonds. The molecule has 1 aliphatic heterocycles. The fraction of sp³-hybridized carbons (Fsp3) is 0. The fourth-order valence-electron chi connectivity index (χ4n) is 0.205. The Bertz CT molecular complexity index is 21.5. The quantitative estimate of drug-likeness (QED) is 0.429. The Labute approximate surface area is 59.7 Å². The molecule has 0 spiro atoms. The molecule has 0 aromatic heterocycles. The zero-order valence-electron chi connectivity index (χ0n) is 3.07. The van der Waals surface area contributed by atoms with E-state index in [9.17, 15) is 0 Å². The maximum absolute atomic E-state index is 2.49. The molecule has 0 saturated carbocycles. The van der Waals surface area contributed by atoms with E-state index in [0.717, 1.165) is 0 Å². The molecular formula is As3B3. The van der Waals surface area contributed by atoms with Gasteiger partial charge in [-0.05, 0) is 0 Å². The van der Waals surface area contributed by atoms with E-state index in [1.54, 1.807) is 0 Å². The first-order valence-electron chi connectivity index (χ1n) is 1.55. The van der Waals surface area contributed by atoms with Crippen LogP contribution in [-0.4, -0.2) is 60.2 Å². The molecule has 1 fully saturated rings. The zero-order valence-corrected chi connectivity index (χ0v) is 8.70. The standard InChI is InChI=1S/As3B3/c1-4-2-6-3-5-1. The zero-order chi connectivity index (χ0) is 4.24. The average molecular weight is 257 g/mol. The van der Waals surface area contributed by atoms with E-state index in [1.807, 2.05) is 0 Å². The topological polar surface area (TPSA) is 0 Å². The van der Waals surface area contributed by atoms with Crippen molar-refractivity contribution in [2.45, 2.75) is 0 Å². The first kappa shape index (κ1) is 6.00. The Morgan fingerprint density at radius 1 is 0.667 bits per heavy atom. The van der Waals surface area contributed by atoms with E-state index in [0.29, 0.717) is 46.2 Å². The summed E-state index contributed by atoms with van der Waals surface area (Å²) in [4.78, 5) is 0. The van der Waals surface area contributed by atoms with Crippen LogP contribution in [0.4, 0.5) is 0 Å². The summed E-state index contributed by atoms with van der Waals surface area (Å²) in [5, 5.41) is 0. The summed E-state index contributed by atoms with van der Waals surface area (Å²) < 4.78 is 7.48. The van der Waals surface area contributed by atoms with Crippen LogP contribution in [0.25, 0.3) is 0 Å². The maximum atomic E-state index is 2.49. The number of hydrogen-bond donors (Lipinski definition) is 0. The van der Waals surface area contributed by atoms with Crippen molar-refractivity contribution >= 4 is 60.2 Å². The van der Waals surface area contributed by atoms with E-state index in [-0.39, 0.29) is 0 Å². The third-order valence-electron chi connectivity index (χ3n) is 0.400. The van der Waals surface area contributed by atoms with Gasteiger partial charge in [0.1, 0.15) is 0 Å². The molecule has 6 radical (unpaired) electrons. The van der Waals surface area contributed by atoms with Crippen LogP contribution in [0, 0.1) is 0 Å². The SMILES string of the molecule is [B]1[As][B][As][B][As]1. The first-order valence-corrected chi connectivity index (χ1v) is 8.05. The van der Waals surface area contributed by atoms with Crippen molar-refractivity contribution in [2.75, 3.05) is 0 Å². The van der Waals surface area contributed by atoms with Gasteiger partial charge in [-0.25, -0.2) is 0 Å². The van der Waals surface area contributed by atoms with Gasteiger partial charge in [-0.3, -0.25) is 0 Å². The van der Waals surface area contributed by atoms with E-state index >= 15 is 0 Å². The summed E-state index contributed by atoms with van der Waals surface area (Å²) in [6, 6.07) is 0. The molecule has 1 heterocycles. The predicted octanol–water partition coefficient (Wildman–Crippen LogP) is -2.28. The van der Waals surface area contributed by atoms with Crippen molar-refractivity contribution in [3.63, 3.8) is 0 Å².